The lowest BCUT2D eigenvalue weighted by molar-refractivity contribution is 0.0722. The van der Waals surface area contributed by atoms with Gasteiger partial charge in [0, 0.05) is 17.7 Å². The van der Waals surface area contributed by atoms with E-state index in [1.54, 1.807) is 13.0 Å². The molecule has 0 aliphatic heterocycles. The van der Waals surface area contributed by atoms with Crippen LogP contribution in [0.5, 0.6) is 0 Å². The molecule has 0 spiro atoms. The molecule has 2 aromatic rings. The predicted octanol–water partition coefficient (Wildman–Crippen LogP) is 2.73. The predicted molar refractivity (Wildman–Crippen MR) is 88.1 cm³/mol. The van der Waals surface area contributed by atoms with Crippen molar-refractivity contribution in [3.8, 4) is 0 Å². The van der Waals surface area contributed by atoms with Gasteiger partial charge in [0.25, 0.3) is 5.91 Å². The third-order valence-electron chi connectivity index (χ3n) is 3.01. The molecular weight excluding hydrogens is 308 g/mol. The summed E-state index contributed by atoms with van der Waals surface area (Å²) in [4.78, 5) is 16.3. The van der Waals surface area contributed by atoms with E-state index in [1.165, 1.54) is 11.8 Å². The molecule has 6 heteroatoms. The molecule has 1 amide bonds. The second-order valence-corrected chi connectivity index (χ2v) is 6.36. The molecular formula is C15H17ClN2O2S. The van der Waals surface area contributed by atoms with Crippen LogP contribution in [0.25, 0.3) is 10.8 Å². The van der Waals surface area contributed by atoms with E-state index in [0.29, 0.717) is 10.9 Å². The molecule has 1 unspecified atom stereocenters. The van der Waals surface area contributed by atoms with Crippen LogP contribution in [0.3, 0.4) is 0 Å². The number of carbonyl (C=O) groups is 1. The van der Waals surface area contributed by atoms with Gasteiger partial charge in [0.15, 0.2) is 0 Å². The molecule has 4 nitrogen and oxygen atoms in total. The Labute approximate surface area is 132 Å². The van der Waals surface area contributed by atoms with E-state index in [1.807, 2.05) is 30.5 Å². The second kappa shape index (κ2) is 6.64. The number of fused-ring (bicyclic) bond motifs is 1. The molecule has 2 N–H and O–H groups in total. The van der Waals surface area contributed by atoms with Gasteiger partial charge in [0.2, 0.25) is 0 Å². The van der Waals surface area contributed by atoms with Crippen LogP contribution in [-0.2, 0) is 0 Å². The average molecular weight is 325 g/mol. The fourth-order valence-corrected chi connectivity index (χ4v) is 2.98. The number of carbonyl (C=O) groups excluding carboxylic acids is 1. The Kier molecular flexibility index (Phi) is 5.08. The van der Waals surface area contributed by atoms with E-state index in [0.717, 1.165) is 10.8 Å². The van der Waals surface area contributed by atoms with E-state index in [4.69, 9.17) is 11.6 Å². The van der Waals surface area contributed by atoms with Gasteiger partial charge in [-0.2, -0.15) is 11.8 Å². The highest BCUT2D eigenvalue weighted by molar-refractivity contribution is 7.98. The molecule has 0 radical (unpaired) electrons. The first-order valence-corrected chi connectivity index (χ1v) is 8.25. The lowest BCUT2D eigenvalue weighted by Crippen LogP contribution is -2.42. The standard InChI is InChI=1S/C15H17ClN2O2S/c1-15(20,9-21-2)8-17-14(19)12-7-10-5-3-4-6-11(10)13(16)18-12/h3-7,20H,8-9H2,1-2H3,(H,17,19). The minimum Gasteiger partial charge on any atom is -0.387 e. The normalized spacial score (nSPS) is 13.9. The monoisotopic (exact) mass is 324 g/mol. The van der Waals surface area contributed by atoms with Gasteiger partial charge < -0.3 is 10.4 Å². The summed E-state index contributed by atoms with van der Waals surface area (Å²) >= 11 is 7.62. The molecule has 0 bridgehead atoms. The summed E-state index contributed by atoms with van der Waals surface area (Å²) in [6, 6.07) is 9.18. The molecule has 0 fully saturated rings. The summed E-state index contributed by atoms with van der Waals surface area (Å²) in [6.45, 7) is 1.85. The number of amides is 1. The first-order valence-electron chi connectivity index (χ1n) is 6.48. The highest BCUT2D eigenvalue weighted by Gasteiger charge is 2.21. The van der Waals surface area contributed by atoms with E-state index in [2.05, 4.69) is 10.3 Å². The Morgan fingerprint density at radius 1 is 1.48 bits per heavy atom. The van der Waals surface area contributed by atoms with Gasteiger partial charge in [0.05, 0.1) is 5.60 Å². The third kappa shape index (κ3) is 4.09. The number of nitrogens with one attached hydrogen (secondary N) is 1. The maximum Gasteiger partial charge on any atom is 0.270 e. The second-order valence-electron chi connectivity index (χ2n) is 5.13. The lowest BCUT2D eigenvalue weighted by Gasteiger charge is -2.22. The lowest BCUT2D eigenvalue weighted by atomic mass is 10.1. The number of thioether (sulfide) groups is 1. The number of hydrogen-bond acceptors (Lipinski definition) is 4. The summed E-state index contributed by atoms with van der Waals surface area (Å²) in [5.41, 5.74) is -0.700. The van der Waals surface area contributed by atoms with Crippen molar-refractivity contribution < 1.29 is 9.90 Å². The van der Waals surface area contributed by atoms with Crippen molar-refractivity contribution in [2.24, 2.45) is 0 Å². The van der Waals surface area contributed by atoms with Crippen molar-refractivity contribution in [1.82, 2.24) is 10.3 Å². The highest BCUT2D eigenvalue weighted by atomic mass is 35.5. The van der Waals surface area contributed by atoms with Gasteiger partial charge in [-0.25, -0.2) is 4.98 Å². The van der Waals surface area contributed by atoms with Crippen LogP contribution in [0.15, 0.2) is 30.3 Å². The molecule has 112 valence electrons. The zero-order valence-corrected chi connectivity index (χ0v) is 13.5. The number of rotatable bonds is 5. The van der Waals surface area contributed by atoms with Crippen LogP contribution in [0.4, 0.5) is 0 Å². The van der Waals surface area contributed by atoms with E-state index in [-0.39, 0.29) is 18.1 Å². The molecule has 1 aromatic carbocycles. The quantitative estimate of drug-likeness (QED) is 0.830. The SMILES string of the molecule is CSCC(C)(O)CNC(=O)c1cc2ccccc2c(Cl)n1. The zero-order valence-electron chi connectivity index (χ0n) is 11.9. The zero-order chi connectivity index (χ0) is 15.5. The average Bonchev–Trinajstić information content (AvgIpc) is 2.45. The number of pyridine rings is 1. The van der Waals surface area contributed by atoms with Crippen molar-refractivity contribution >= 4 is 40.0 Å². The molecule has 0 aliphatic carbocycles. The molecule has 1 heterocycles. The van der Waals surface area contributed by atoms with Crippen molar-refractivity contribution in [3.05, 3.63) is 41.2 Å². The van der Waals surface area contributed by atoms with Crippen LogP contribution < -0.4 is 5.32 Å². The van der Waals surface area contributed by atoms with Crippen LogP contribution in [0.2, 0.25) is 5.15 Å². The Balaban J connectivity index is 2.16. The minimum atomic E-state index is -0.949. The number of nitrogens with zero attached hydrogens (tertiary/aromatic N) is 1. The summed E-state index contributed by atoms with van der Waals surface area (Å²) in [5, 5.41) is 14.7. The Morgan fingerprint density at radius 2 is 2.19 bits per heavy atom. The number of benzene rings is 1. The van der Waals surface area contributed by atoms with Crippen LogP contribution >= 0.6 is 23.4 Å². The minimum absolute atomic E-state index is 0.165. The molecule has 0 saturated heterocycles. The smallest absolute Gasteiger partial charge is 0.270 e. The number of halogens is 1. The Morgan fingerprint density at radius 3 is 2.90 bits per heavy atom. The number of aliphatic hydroxyl groups is 1. The molecule has 1 aromatic heterocycles. The first kappa shape index (κ1) is 16.1. The summed E-state index contributed by atoms with van der Waals surface area (Å²) in [6.07, 6.45) is 1.90. The van der Waals surface area contributed by atoms with Crippen molar-refractivity contribution in [2.45, 2.75) is 12.5 Å². The van der Waals surface area contributed by atoms with E-state index in [9.17, 15) is 9.90 Å². The fourth-order valence-electron chi connectivity index (χ4n) is 2.00. The summed E-state index contributed by atoms with van der Waals surface area (Å²) < 4.78 is 0. The molecule has 1 atom stereocenters. The first-order chi connectivity index (χ1) is 9.93. The van der Waals surface area contributed by atoms with Gasteiger partial charge in [-0.05, 0) is 24.6 Å². The van der Waals surface area contributed by atoms with Crippen LogP contribution in [0, 0.1) is 0 Å². The van der Waals surface area contributed by atoms with Crippen LogP contribution in [0.1, 0.15) is 17.4 Å². The highest BCUT2D eigenvalue weighted by Crippen LogP contribution is 2.22. The van der Waals surface area contributed by atoms with E-state index >= 15 is 0 Å². The maximum atomic E-state index is 12.1. The van der Waals surface area contributed by atoms with Gasteiger partial charge >= 0.3 is 0 Å². The molecule has 0 aliphatic rings. The van der Waals surface area contributed by atoms with Crippen molar-refractivity contribution in [2.75, 3.05) is 18.6 Å². The number of aromatic nitrogens is 1. The summed E-state index contributed by atoms with van der Waals surface area (Å²) in [5.74, 6) is 0.197. The van der Waals surface area contributed by atoms with Crippen molar-refractivity contribution in [3.63, 3.8) is 0 Å². The van der Waals surface area contributed by atoms with Gasteiger partial charge in [-0.15, -0.1) is 0 Å². The van der Waals surface area contributed by atoms with Gasteiger partial charge in [0.1, 0.15) is 10.8 Å². The molecule has 21 heavy (non-hydrogen) atoms. The Bertz CT molecular complexity index is 661. The van der Waals surface area contributed by atoms with Crippen LogP contribution in [-0.4, -0.2) is 40.2 Å². The van der Waals surface area contributed by atoms with Gasteiger partial charge in [-0.3, -0.25) is 4.79 Å². The fraction of sp³-hybridized carbons (Fsp3) is 0.333. The molecule has 0 saturated carbocycles. The largest absolute Gasteiger partial charge is 0.387 e. The van der Waals surface area contributed by atoms with Crippen molar-refractivity contribution in [1.29, 1.82) is 0 Å². The molecule has 2 rings (SSSR count). The summed E-state index contributed by atoms with van der Waals surface area (Å²) in [7, 11) is 0. The topological polar surface area (TPSA) is 62.2 Å². The third-order valence-corrected chi connectivity index (χ3v) is 4.21. The number of hydrogen-bond donors (Lipinski definition) is 2. The maximum absolute atomic E-state index is 12.1. The van der Waals surface area contributed by atoms with Gasteiger partial charge in [-0.1, -0.05) is 35.9 Å². The van der Waals surface area contributed by atoms with E-state index < -0.39 is 5.60 Å². The Hall–Kier alpha value is -1.30.